The van der Waals surface area contributed by atoms with Crippen LogP contribution in [0.3, 0.4) is 0 Å². The minimum absolute atomic E-state index is 0.00428. The number of rotatable bonds is 63. The van der Waals surface area contributed by atoms with E-state index in [1.54, 1.807) is 102 Å². The molecule has 4 aromatic rings. The van der Waals surface area contributed by atoms with E-state index in [1.807, 2.05) is 0 Å². The summed E-state index contributed by atoms with van der Waals surface area (Å²) in [4.78, 5) is 179. The second-order valence-corrected chi connectivity index (χ2v) is 36.1. The molecule has 142 heavy (non-hydrogen) atoms. The van der Waals surface area contributed by atoms with Crippen molar-refractivity contribution in [3.05, 3.63) is 119 Å². The average Bonchev–Trinajstić information content (AvgIpc) is 1.60. The summed E-state index contributed by atoms with van der Waals surface area (Å²) in [5.74, 6) is -4.84. The van der Waals surface area contributed by atoms with Crippen molar-refractivity contribution in [1.82, 2.24) is 41.3 Å². The van der Waals surface area contributed by atoms with Crippen molar-refractivity contribution in [2.24, 2.45) is 11.8 Å². The first kappa shape index (κ1) is 114. The predicted molar refractivity (Wildman–Crippen MR) is 518 cm³/mol. The van der Waals surface area contributed by atoms with Crippen LogP contribution in [-0.2, 0) is 113 Å². The Balaban J connectivity index is 0.650. The molecular formula is C98H137AlN12O31. The molecule has 13 amide bonds. The van der Waals surface area contributed by atoms with E-state index in [0.717, 1.165) is 25.8 Å². The summed E-state index contributed by atoms with van der Waals surface area (Å²) in [6.45, 7) is 19.7. The normalized spacial score (nSPS) is 17.3. The number of nitrogens with one attached hydrogen (secondary N) is 7. The number of carbonyl (C=O) groups is 13. The van der Waals surface area contributed by atoms with E-state index in [1.165, 1.54) is 69.2 Å². The second-order valence-electron chi connectivity index (χ2n) is 34.8. The Labute approximate surface area is 832 Å². The SMILES string of the molecule is [CH2]=[Al][CH]1CC(=O)N(CCC(=O)NCCOCCOCCOCCOCCOCCOCCOCCOCCC(=O)N[C@H](C(=O)N[C@@H](C)C(=O)Nc2ccc(COC(=O)N3c4cc(OCCCCCOc5cc6c(cc5OC)C(=O)N5C=C(C)C[C@H]5[C@H](O)N6C(=O)OCc5ccc(NC(=O)[C@H](C)NC(=O)[C@@H](NC(=O)CCOCCOC)C(C)C)cc5)c(OC)cc4C(=O)N4C=C(C)C[C@H]4[C@@H]3O)cc2)C(C)C)C1=O. The molecule has 5 aliphatic rings. The zero-order valence-electron chi connectivity index (χ0n) is 82.7. The third-order valence-electron chi connectivity index (χ3n) is 23.3. The van der Waals surface area contributed by atoms with Crippen molar-refractivity contribution < 1.29 is 148 Å². The molecule has 1 unspecified atom stereocenters. The molecule has 0 bridgehead atoms. The van der Waals surface area contributed by atoms with Gasteiger partial charge in [0, 0.05) is 55.9 Å². The summed E-state index contributed by atoms with van der Waals surface area (Å²) in [6, 6.07) is 12.8. The molecule has 9 N–H and O–H groups in total. The number of nitrogens with zero attached hydrogens (tertiary/aromatic N) is 5. The number of hydrogen-bond donors (Lipinski definition) is 9. The van der Waals surface area contributed by atoms with Gasteiger partial charge in [0.1, 0.15) is 37.4 Å². The van der Waals surface area contributed by atoms with Crippen LogP contribution in [0.4, 0.5) is 32.3 Å². The average molecular weight is 2010 g/mol. The van der Waals surface area contributed by atoms with Gasteiger partial charge in [0.25, 0.3) is 11.8 Å². The van der Waals surface area contributed by atoms with E-state index < -0.39 is 102 Å². The van der Waals surface area contributed by atoms with E-state index >= 15 is 0 Å². The van der Waals surface area contributed by atoms with Gasteiger partial charge in [0.2, 0.25) is 35.4 Å². The van der Waals surface area contributed by atoms with Crippen molar-refractivity contribution in [1.29, 1.82) is 0 Å². The quantitative estimate of drug-likeness (QED) is 0.0151. The number of aliphatic hydroxyl groups is 2. The molecule has 44 heteroatoms. The Morgan fingerprint density at radius 3 is 1.17 bits per heavy atom. The maximum atomic E-state index is 14.5. The van der Waals surface area contributed by atoms with Crippen molar-refractivity contribution in [2.75, 3.05) is 194 Å². The van der Waals surface area contributed by atoms with Crippen molar-refractivity contribution in [3.63, 3.8) is 0 Å². The number of carbonyl (C=O) groups excluding carboxylic acids is 13. The number of amides is 13. The van der Waals surface area contributed by atoms with Crippen LogP contribution in [-0.4, -0.2) is 344 Å². The number of benzene rings is 4. The molecule has 1 saturated heterocycles. The Hall–Kier alpha value is -11.6. The van der Waals surface area contributed by atoms with Crippen LogP contribution < -0.4 is 66.0 Å². The summed E-state index contributed by atoms with van der Waals surface area (Å²) in [6.07, 6.45) is 0.187. The van der Waals surface area contributed by atoms with Crippen molar-refractivity contribution in [2.45, 2.75) is 180 Å². The van der Waals surface area contributed by atoms with E-state index in [2.05, 4.69) is 42.6 Å². The molecule has 0 aliphatic carbocycles. The monoisotopic (exact) mass is 2000 g/mol. The Kier molecular flexibility index (Phi) is 47.7. The number of methoxy groups -OCH3 is 3. The van der Waals surface area contributed by atoms with Gasteiger partial charge in [0.15, 0.2) is 35.5 Å². The molecule has 0 spiro atoms. The fourth-order valence-corrected chi connectivity index (χ4v) is 16.2. The summed E-state index contributed by atoms with van der Waals surface area (Å²) >= 11 is -0.378. The number of anilines is 4. The van der Waals surface area contributed by atoms with Gasteiger partial charge in [-0.3, -0.25) is 38.4 Å². The maximum absolute atomic E-state index is 14.5. The van der Waals surface area contributed by atoms with Crippen LogP contribution in [0.1, 0.15) is 145 Å². The van der Waals surface area contributed by atoms with Crippen molar-refractivity contribution in [3.8, 4) is 23.0 Å². The van der Waals surface area contributed by atoms with Crippen LogP contribution in [0.2, 0.25) is 4.78 Å². The number of hydrogen-bond acceptors (Lipinski definition) is 31. The predicted octanol–water partition coefficient (Wildman–Crippen LogP) is 5.45. The van der Waals surface area contributed by atoms with Crippen LogP contribution >= 0.6 is 0 Å². The number of likely N-dealkylation sites (tertiary alicyclic amines) is 1. The number of fused-ring (bicyclic) bond motifs is 4. The van der Waals surface area contributed by atoms with Gasteiger partial charge < -0.3 is 123 Å². The van der Waals surface area contributed by atoms with Gasteiger partial charge in [0.05, 0.1) is 168 Å². The number of unbranched alkanes of at least 4 members (excludes halogenated alkanes) is 2. The molecule has 0 saturated carbocycles. The Bertz CT molecular complexity index is 4940. The van der Waals surface area contributed by atoms with Gasteiger partial charge in [-0.05, 0) is 119 Å². The molecule has 1 fully saturated rings. The van der Waals surface area contributed by atoms with Gasteiger partial charge >= 0.3 is 130 Å². The van der Waals surface area contributed by atoms with Gasteiger partial charge in [-0.2, -0.15) is 0 Å². The molecular weight excluding hydrogens is 1870 g/mol. The zero-order chi connectivity index (χ0) is 103. The summed E-state index contributed by atoms with van der Waals surface area (Å²) in [5.41, 5.74) is 3.28. The fraction of sp³-hybridized carbons (Fsp3) is 0.571. The molecule has 9 rings (SSSR count). The van der Waals surface area contributed by atoms with E-state index in [0.29, 0.717) is 147 Å². The first-order valence-corrected chi connectivity index (χ1v) is 49.2. The Morgan fingerprint density at radius 2 is 0.810 bits per heavy atom. The molecule has 5 aliphatic heterocycles. The van der Waals surface area contributed by atoms with Crippen LogP contribution in [0.5, 0.6) is 23.0 Å². The topological polar surface area (TPSA) is 510 Å². The van der Waals surface area contributed by atoms with Gasteiger partial charge in [-0.25, -0.2) is 19.4 Å². The first-order valence-electron chi connectivity index (χ1n) is 47.7. The third-order valence-corrected chi connectivity index (χ3v) is 24.4. The van der Waals surface area contributed by atoms with E-state index in [-0.39, 0.29) is 198 Å². The molecule has 9 atom stereocenters. The molecule has 0 aromatic heterocycles. The van der Waals surface area contributed by atoms with Gasteiger partial charge in [-0.1, -0.05) is 63.1 Å². The summed E-state index contributed by atoms with van der Waals surface area (Å²) < 4.78 is 90.0. The molecule has 5 heterocycles. The molecule has 778 valence electrons. The van der Waals surface area contributed by atoms with E-state index in [9.17, 15) is 72.5 Å². The fourth-order valence-electron chi connectivity index (χ4n) is 15.5. The van der Waals surface area contributed by atoms with Crippen LogP contribution in [0.25, 0.3) is 0 Å². The molecule has 4 aromatic carbocycles. The van der Waals surface area contributed by atoms with Crippen LogP contribution in [0.15, 0.2) is 96.3 Å². The second kappa shape index (κ2) is 59.5. The summed E-state index contributed by atoms with van der Waals surface area (Å²) in [5, 5.41) is 47.0. The standard InChI is InChI=1S/C97H135N12O31.CH2.Al/c1-61(2)86(103-82(111)26-32-128-36-35-125-9)90(117)99-65(7)88(115)101-69-19-15-67(16-20-69)59-139-96(123)108-73-55-79(77(126-10)53-71(73)92(119)106-57-63(5)51-75(106)94(108)121)137-30-13-12-14-31-138-80-56-74-72(54-78(80)127-11)93(120)107-58-64(6)52-76(107)95(122)109(74)97(124)140-60-68-17-21-70(22-18-68)102-89(116)66(8)100-91(118)87(62(3)4)104-83(112)27-33-129-37-39-131-41-43-133-45-47-135-49-50-136-48-46-134-44-42-132-40-38-130-34-28-98-81(110)25-29-105-84(113)23-24-85(105)114;;/h15-23,53-58,61-62,65-66,75-76,86-87,94-95,121-122H,12-14,24-52,59-60H2,1-11H3,(H,98,110)(H,99,117)(H,100,118)(H,101,115)(H,102,116)(H,103,111)(H,104,112);1H2;/t65-,66-,75-,76-,86-,87-,94-,95-;;/m0../s1. The summed E-state index contributed by atoms with van der Waals surface area (Å²) in [7, 11) is 4.33. The molecule has 0 radical (unpaired) electrons. The third kappa shape index (κ3) is 34.9. The minimum atomic E-state index is -1.60. The number of imide groups is 1. The van der Waals surface area contributed by atoms with Gasteiger partial charge in [-0.15, -0.1) is 0 Å². The molecule has 43 nitrogen and oxygen atoms in total. The van der Waals surface area contributed by atoms with E-state index in [4.69, 9.17) is 75.8 Å². The Morgan fingerprint density at radius 1 is 0.437 bits per heavy atom. The van der Waals surface area contributed by atoms with Crippen LogP contribution in [0, 0.1) is 11.8 Å². The zero-order valence-corrected chi connectivity index (χ0v) is 83.9. The number of ether oxygens (including phenoxy) is 16. The first-order chi connectivity index (χ1) is 68.3. The number of aliphatic hydroxyl groups excluding tert-OH is 2. The van der Waals surface area contributed by atoms with Crippen molar-refractivity contribution >= 4 is 120 Å².